The first-order valence-corrected chi connectivity index (χ1v) is 6.44. The molecule has 2 N–H and O–H groups in total. The van der Waals surface area contributed by atoms with Gasteiger partial charge < -0.3 is 20.1 Å². The minimum Gasteiger partial charge on any atom is -0.382 e. The molecule has 16 heavy (non-hydrogen) atoms. The summed E-state index contributed by atoms with van der Waals surface area (Å²) in [4.78, 5) is 0. The average molecular weight is 230 g/mol. The molecule has 1 atom stereocenters. The van der Waals surface area contributed by atoms with Gasteiger partial charge in [0.05, 0.1) is 13.2 Å². The van der Waals surface area contributed by atoms with Gasteiger partial charge >= 0.3 is 0 Å². The van der Waals surface area contributed by atoms with Gasteiger partial charge in [-0.15, -0.1) is 0 Å². The Morgan fingerprint density at radius 3 is 2.94 bits per heavy atom. The van der Waals surface area contributed by atoms with Crippen LogP contribution in [0.3, 0.4) is 0 Å². The second kappa shape index (κ2) is 10.0. The van der Waals surface area contributed by atoms with Crippen molar-refractivity contribution in [1.82, 2.24) is 10.6 Å². The quantitative estimate of drug-likeness (QED) is 0.544. The molecule has 1 unspecified atom stereocenters. The lowest BCUT2D eigenvalue weighted by atomic mass is 10.2. The molecule has 0 amide bonds. The Kier molecular flexibility index (Phi) is 8.71. The molecule has 1 aliphatic heterocycles. The van der Waals surface area contributed by atoms with Gasteiger partial charge in [0.15, 0.2) is 0 Å². The first kappa shape index (κ1) is 13.9. The van der Waals surface area contributed by atoms with Crippen molar-refractivity contribution in [1.29, 1.82) is 0 Å². The second-order valence-electron chi connectivity index (χ2n) is 4.31. The molecule has 0 aromatic carbocycles. The van der Waals surface area contributed by atoms with Crippen LogP contribution in [0.2, 0.25) is 0 Å². The standard InChI is InChI=1S/C12H26N2O2/c1-15-9-10-16-8-3-2-6-13-11-12-5-4-7-14-12/h12-14H,2-11H2,1H3. The van der Waals surface area contributed by atoms with Gasteiger partial charge in [-0.05, 0) is 38.8 Å². The summed E-state index contributed by atoms with van der Waals surface area (Å²) in [5.74, 6) is 0. The summed E-state index contributed by atoms with van der Waals surface area (Å²) in [5.41, 5.74) is 0. The van der Waals surface area contributed by atoms with Gasteiger partial charge in [0.1, 0.15) is 0 Å². The Hall–Kier alpha value is -0.160. The summed E-state index contributed by atoms with van der Waals surface area (Å²) in [5, 5.41) is 6.97. The number of unbranched alkanes of at least 4 members (excludes halogenated alkanes) is 1. The molecule has 0 aliphatic carbocycles. The van der Waals surface area contributed by atoms with Crippen LogP contribution < -0.4 is 10.6 Å². The number of ether oxygens (including phenoxy) is 2. The molecule has 0 saturated carbocycles. The van der Waals surface area contributed by atoms with Gasteiger partial charge in [0.2, 0.25) is 0 Å². The van der Waals surface area contributed by atoms with Crippen molar-refractivity contribution in [3.8, 4) is 0 Å². The van der Waals surface area contributed by atoms with E-state index in [1.165, 1.54) is 25.8 Å². The molecule has 4 heteroatoms. The van der Waals surface area contributed by atoms with Gasteiger partial charge in [-0.3, -0.25) is 0 Å². The highest BCUT2D eigenvalue weighted by molar-refractivity contribution is 4.75. The minimum absolute atomic E-state index is 0.700. The van der Waals surface area contributed by atoms with E-state index in [-0.39, 0.29) is 0 Å². The van der Waals surface area contributed by atoms with Crippen LogP contribution in [0, 0.1) is 0 Å². The topological polar surface area (TPSA) is 42.5 Å². The molecular formula is C12H26N2O2. The Labute approximate surface area is 99.1 Å². The number of hydrogen-bond donors (Lipinski definition) is 2. The van der Waals surface area contributed by atoms with Crippen molar-refractivity contribution in [2.45, 2.75) is 31.7 Å². The van der Waals surface area contributed by atoms with Gasteiger partial charge in [0, 0.05) is 26.3 Å². The maximum atomic E-state index is 5.39. The van der Waals surface area contributed by atoms with E-state index in [4.69, 9.17) is 9.47 Å². The zero-order valence-corrected chi connectivity index (χ0v) is 10.5. The molecule has 1 heterocycles. The number of methoxy groups -OCH3 is 1. The van der Waals surface area contributed by atoms with Crippen LogP contribution in [0.4, 0.5) is 0 Å². The van der Waals surface area contributed by atoms with Gasteiger partial charge in [-0.1, -0.05) is 0 Å². The fourth-order valence-corrected chi connectivity index (χ4v) is 1.91. The lowest BCUT2D eigenvalue weighted by Gasteiger charge is -2.11. The van der Waals surface area contributed by atoms with E-state index in [2.05, 4.69) is 10.6 Å². The number of hydrogen-bond acceptors (Lipinski definition) is 4. The van der Waals surface area contributed by atoms with E-state index in [9.17, 15) is 0 Å². The van der Waals surface area contributed by atoms with Crippen LogP contribution in [-0.4, -0.2) is 52.6 Å². The first-order chi connectivity index (χ1) is 7.93. The summed E-state index contributed by atoms with van der Waals surface area (Å²) in [6, 6.07) is 0.706. The molecule has 0 aromatic heterocycles. The summed E-state index contributed by atoms with van der Waals surface area (Å²) in [6.07, 6.45) is 4.99. The third-order valence-corrected chi connectivity index (χ3v) is 2.88. The predicted octanol–water partition coefficient (Wildman–Crippen LogP) is 0.771. The normalized spacial score (nSPS) is 20.4. The highest BCUT2D eigenvalue weighted by atomic mass is 16.5. The third kappa shape index (κ3) is 7.17. The molecule has 1 saturated heterocycles. The van der Waals surface area contributed by atoms with Crippen molar-refractivity contribution in [2.75, 3.05) is 46.6 Å². The Bertz CT molecular complexity index is 150. The van der Waals surface area contributed by atoms with Crippen molar-refractivity contribution in [3.05, 3.63) is 0 Å². The SMILES string of the molecule is COCCOCCCCNCC1CCCN1. The fourth-order valence-electron chi connectivity index (χ4n) is 1.91. The molecular weight excluding hydrogens is 204 g/mol. The van der Waals surface area contributed by atoms with E-state index < -0.39 is 0 Å². The van der Waals surface area contributed by atoms with Crippen LogP contribution in [0.1, 0.15) is 25.7 Å². The lowest BCUT2D eigenvalue weighted by Crippen LogP contribution is -2.34. The lowest BCUT2D eigenvalue weighted by molar-refractivity contribution is 0.0688. The molecule has 0 spiro atoms. The molecule has 0 radical (unpaired) electrons. The summed E-state index contributed by atoms with van der Waals surface area (Å²) < 4.78 is 10.3. The summed E-state index contributed by atoms with van der Waals surface area (Å²) >= 11 is 0. The molecule has 1 aliphatic rings. The van der Waals surface area contributed by atoms with Crippen LogP contribution in [0.5, 0.6) is 0 Å². The highest BCUT2D eigenvalue weighted by Gasteiger charge is 2.12. The van der Waals surface area contributed by atoms with E-state index >= 15 is 0 Å². The van der Waals surface area contributed by atoms with Crippen molar-refractivity contribution in [3.63, 3.8) is 0 Å². The monoisotopic (exact) mass is 230 g/mol. The maximum absolute atomic E-state index is 5.39. The molecule has 4 nitrogen and oxygen atoms in total. The van der Waals surface area contributed by atoms with E-state index in [0.29, 0.717) is 12.6 Å². The fraction of sp³-hybridized carbons (Fsp3) is 1.00. The molecule has 0 aromatic rings. The summed E-state index contributed by atoms with van der Waals surface area (Å²) in [6.45, 7) is 5.68. The molecule has 1 rings (SSSR count). The number of nitrogens with one attached hydrogen (secondary N) is 2. The molecule has 0 bridgehead atoms. The van der Waals surface area contributed by atoms with Gasteiger partial charge in [0.25, 0.3) is 0 Å². The van der Waals surface area contributed by atoms with E-state index in [1.807, 2.05) is 0 Å². The minimum atomic E-state index is 0.700. The van der Waals surface area contributed by atoms with Crippen LogP contribution >= 0.6 is 0 Å². The smallest absolute Gasteiger partial charge is 0.0700 e. The Morgan fingerprint density at radius 2 is 2.19 bits per heavy atom. The Balaban J connectivity index is 1.71. The van der Waals surface area contributed by atoms with E-state index in [1.54, 1.807) is 7.11 Å². The van der Waals surface area contributed by atoms with Crippen molar-refractivity contribution < 1.29 is 9.47 Å². The second-order valence-corrected chi connectivity index (χ2v) is 4.31. The third-order valence-electron chi connectivity index (χ3n) is 2.88. The largest absolute Gasteiger partial charge is 0.382 e. The zero-order valence-electron chi connectivity index (χ0n) is 10.5. The predicted molar refractivity (Wildman–Crippen MR) is 65.8 cm³/mol. The van der Waals surface area contributed by atoms with Crippen LogP contribution in [-0.2, 0) is 9.47 Å². The zero-order chi connectivity index (χ0) is 11.5. The van der Waals surface area contributed by atoms with Crippen LogP contribution in [0.25, 0.3) is 0 Å². The van der Waals surface area contributed by atoms with E-state index in [0.717, 1.165) is 32.7 Å². The highest BCUT2D eigenvalue weighted by Crippen LogP contribution is 2.02. The Morgan fingerprint density at radius 1 is 1.25 bits per heavy atom. The first-order valence-electron chi connectivity index (χ1n) is 6.44. The van der Waals surface area contributed by atoms with Gasteiger partial charge in [-0.25, -0.2) is 0 Å². The van der Waals surface area contributed by atoms with Crippen LogP contribution in [0.15, 0.2) is 0 Å². The summed E-state index contributed by atoms with van der Waals surface area (Å²) in [7, 11) is 1.70. The van der Waals surface area contributed by atoms with Crippen molar-refractivity contribution in [2.24, 2.45) is 0 Å². The maximum Gasteiger partial charge on any atom is 0.0700 e. The molecule has 96 valence electrons. The van der Waals surface area contributed by atoms with Crippen molar-refractivity contribution >= 4 is 0 Å². The number of rotatable bonds is 10. The van der Waals surface area contributed by atoms with Gasteiger partial charge in [-0.2, -0.15) is 0 Å². The average Bonchev–Trinajstić information content (AvgIpc) is 2.80. The molecule has 1 fully saturated rings.